The van der Waals surface area contributed by atoms with E-state index in [-0.39, 0.29) is 26.0 Å². The standard InChI is InChI=1S/C23H22N2O7/c1-29-21(26)10-16-7-17(11-22(27)30-2)9-19(8-16)31-14-20-13-25(23(28)32-20)18-5-3-15(12-24)4-6-18/h3-9,20H,10-11,13-14H2,1-2H3. The molecule has 0 N–H and O–H groups in total. The number of methoxy groups -OCH3 is 2. The zero-order valence-corrected chi connectivity index (χ0v) is 17.7. The van der Waals surface area contributed by atoms with Gasteiger partial charge in [0.05, 0.1) is 45.2 Å². The lowest BCUT2D eigenvalue weighted by atomic mass is 10.1. The van der Waals surface area contributed by atoms with Crippen LogP contribution in [0.2, 0.25) is 0 Å². The van der Waals surface area contributed by atoms with Gasteiger partial charge < -0.3 is 18.9 Å². The molecule has 0 radical (unpaired) electrons. The molecule has 0 aromatic heterocycles. The van der Waals surface area contributed by atoms with Gasteiger partial charge in [0.2, 0.25) is 0 Å². The van der Waals surface area contributed by atoms with Crippen LogP contribution in [0, 0.1) is 11.3 Å². The molecule has 1 aliphatic rings. The Labute approximate surface area is 185 Å². The van der Waals surface area contributed by atoms with Gasteiger partial charge in [-0.25, -0.2) is 4.79 Å². The number of amides is 1. The Morgan fingerprint density at radius 1 is 1.06 bits per heavy atom. The van der Waals surface area contributed by atoms with Crippen molar-refractivity contribution in [3.8, 4) is 11.8 Å². The molecule has 9 nitrogen and oxygen atoms in total. The lowest BCUT2D eigenvalue weighted by Gasteiger charge is -2.14. The number of carbonyl (C=O) groups is 3. The van der Waals surface area contributed by atoms with E-state index in [1.165, 1.54) is 19.1 Å². The molecule has 0 bridgehead atoms. The fraction of sp³-hybridized carbons (Fsp3) is 0.304. The molecule has 166 valence electrons. The number of hydrogen-bond acceptors (Lipinski definition) is 8. The van der Waals surface area contributed by atoms with Crippen LogP contribution in [0.25, 0.3) is 0 Å². The maximum atomic E-state index is 12.2. The molecule has 9 heteroatoms. The predicted molar refractivity (Wildman–Crippen MR) is 112 cm³/mol. The number of cyclic esters (lactones) is 1. The molecule has 2 aromatic rings. The highest BCUT2D eigenvalue weighted by Crippen LogP contribution is 2.24. The van der Waals surface area contributed by atoms with E-state index in [4.69, 9.17) is 24.2 Å². The van der Waals surface area contributed by atoms with Crippen molar-refractivity contribution in [2.75, 3.05) is 32.3 Å². The van der Waals surface area contributed by atoms with Crippen molar-refractivity contribution in [1.82, 2.24) is 0 Å². The number of carbonyl (C=O) groups excluding carboxylic acids is 3. The first-order valence-electron chi connectivity index (χ1n) is 9.79. The van der Waals surface area contributed by atoms with Gasteiger partial charge in [0, 0.05) is 5.69 Å². The molecule has 1 fully saturated rings. The molecule has 3 rings (SSSR count). The number of rotatable bonds is 8. The van der Waals surface area contributed by atoms with Gasteiger partial charge in [0.1, 0.15) is 12.4 Å². The Morgan fingerprint density at radius 3 is 2.19 bits per heavy atom. The minimum atomic E-state index is -0.522. The SMILES string of the molecule is COC(=O)Cc1cc(CC(=O)OC)cc(OCC2CN(c3ccc(C#N)cc3)C(=O)O2)c1. The number of ether oxygens (including phenoxy) is 4. The molecule has 1 aliphatic heterocycles. The molecule has 1 amide bonds. The third-order valence-corrected chi connectivity index (χ3v) is 4.80. The zero-order valence-electron chi connectivity index (χ0n) is 17.7. The summed E-state index contributed by atoms with van der Waals surface area (Å²) < 4.78 is 20.6. The van der Waals surface area contributed by atoms with E-state index in [1.54, 1.807) is 42.5 Å². The normalized spacial score (nSPS) is 15.0. The van der Waals surface area contributed by atoms with Gasteiger partial charge in [-0.05, 0) is 47.5 Å². The van der Waals surface area contributed by atoms with Crippen LogP contribution in [0.15, 0.2) is 42.5 Å². The molecular formula is C23H22N2O7. The fourth-order valence-corrected chi connectivity index (χ4v) is 3.22. The first-order valence-corrected chi connectivity index (χ1v) is 9.79. The number of nitrogens with zero attached hydrogens (tertiary/aromatic N) is 2. The molecule has 2 aromatic carbocycles. The van der Waals surface area contributed by atoms with E-state index in [0.29, 0.717) is 28.1 Å². The summed E-state index contributed by atoms with van der Waals surface area (Å²) in [6.45, 7) is 0.361. The van der Waals surface area contributed by atoms with E-state index >= 15 is 0 Å². The molecule has 0 aliphatic carbocycles. The second-order valence-corrected chi connectivity index (χ2v) is 7.08. The van der Waals surface area contributed by atoms with Crippen LogP contribution in [-0.2, 0) is 36.6 Å². The Bertz CT molecular complexity index is 1010. The summed E-state index contributed by atoms with van der Waals surface area (Å²) in [4.78, 5) is 37.0. The van der Waals surface area contributed by atoms with Crippen LogP contribution in [0.3, 0.4) is 0 Å². The summed E-state index contributed by atoms with van der Waals surface area (Å²) in [5.74, 6) is -0.416. The van der Waals surface area contributed by atoms with Crippen molar-refractivity contribution >= 4 is 23.7 Å². The highest BCUT2D eigenvalue weighted by molar-refractivity contribution is 5.89. The van der Waals surface area contributed by atoms with Crippen LogP contribution in [-0.4, -0.2) is 51.5 Å². The van der Waals surface area contributed by atoms with Gasteiger partial charge in [-0.2, -0.15) is 5.26 Å². The third-order valence-electron chi connectivity index (χ3n) is 4.80. The zero-order chi connectivity index (χ0) is 23.1. The lowest BCUT2D eigenvalue weighted by Crippen LogP contribution is -2.26. The quantitative estimate of drug-likeness (QED) is 0.456. The summed E-state index contributed by atoms with van der Waals surface area (Å²) in [6.07, 6.45) is -0.986. The highest BCUT2D eigenvalue weighted by atomic mass is 16.6. The van der Waals surface area contributed by atoms with Crippen LogP contribution in [0.5, 0.6) is 5.75 Å². The maximum absolute atomic E-state index is 12.2. The third kappa shape index (κ3) is 5.76. The van der Waals surface area contributed by atoms with Crippen LogP contribution in [0.4, 0.5) is 10.5 Å². The van der Waals surface area contributed by atoms with E-state index < -0.39 is 24.1 Å². The van der Waals surface area contributed by atoms with Gasteiger partial charge in [-0.1, -0.05) is 6.07 Å². The highest BCUT2D eigenvalue weighted by Gasteiger charge is 2.32. The largest absolute Gasteiger partial charge is 0.490 e. The summed E-state index contributed by atoms with van der Waals surface area (Å²) in [7, 11) is 2.60. The molecule has 1 atom stereocenters. The monoisotopic (exact) mass is 438 g/mol. The molecule has 1 unspecified atom stereocenters. The molecule has 32 heavy (non-hydrogen) atoms. The number of esters is 2. The lowest BCUT2D eigenvalue weighted by molar-refractivity contribution is -0.140. The summed E-state index contributed by atoms with van der Waals surface area (Å²) in [5.41, 5.74) is 2.36. The molecule has 0 spiro atoms. The Kier molecular flexibility index (Phi) is 7.29. The van der Waals surface area contributed by atoms with Gasteiger partial charge in [0.15, 0.2) is 6.10 Å². The Hall–Kier alpha value is -4.06. The minimum absolute atomic E-state index is 0.0206. The number of anilines is 1. The summed E-state index contributed by atoms with van der Waals surface area (Å²) in [6, 6.07) is 13.7. The van der Waals surface area contributed by atoms with Crippen LogP contribution in [0.1, 0.15) is 16.7 Å². The Balaban J connectivity index is 1.68. The van der Waals surface area contributed by atoms with Crippen LogP contribution >= 0.6 is 0 Å². The second kappa shape index (κ2) is 10.3. The van der Waals surface area contributed by atoms with Gasteiger partial charge in [-0.15, -0.1) is 0 Å². The van der Waals surface area contributed by atoms with Crippen molar-refractivity contribution < 1.29 is 33.3 Å². The van der Waals surface area contributed by atoms with Crippen molar-refractivity contribution in [3.63, 3.8) is 0 Å². The molecule has 1 saturated heterocycles. The smallest absolute Gasteiger partial charge is 0.414 e. The maximum Gasteiger partial charge on any atom is 0.414 e. The summed E-state index contributed by atoms with van der Waals surface area (Å²) >= 11 is 0. The summed E-state index contributed by atoms with van der Waals surface area (Å²) in [5, 5.41) is 8.91. The molecular weight excluding hydrogens is 416 g/mol. The van der Waals surface area contributed by atoms with Gasteiger partial charge in [-0.3, -0.25) is 14.5 Å². The van der Waals surface area contributed by atoms with E-state index in [2.05, 4.69) is 0 Å². The van der Waals surface area contributed by atoms with Crippen molar-refractivity contribution in [2.45, 2.75) is 18.9 Å². The van der Waals surface area contributed by atoms with Gasteiger partial charge in [0.25, 0.3) is 0 Å². The second-order valence-electron chi connectivity index (χ2n) is 7.08. The molecule has 0 saturated carbocycles. The minimum Gasteiger partial charge on any atom is -0.490 e. The van der Waals surface area contributed by atoms with Crippen molar-refractivity contribution in [1.29, 1.82) is 5.26 Å². The number of hydrogen-bond donors (Lipinski definition) is 0. The predicted octanol–water partition coefficient (Wildman–Crippen LogP) is 2.39. The Morgan fingerprint density at radius 2 is 1.66 bits per heavy atom. The number of benzene rings is 2. The van der Waals surface area contributed by atoms with Crippen molar-refractivity contribution in [3.05, 3.63) is 59.2 Å². The average molecular weight is 438 g/mol. The average Bonchev–Trinajstić information content (AvgIpc) is 3.17. The number of nitriles is 1. The van der Waals surface area contributed by atoms with Crippen molar-refractivity contribution in [2.24, 2.45) is 0 Å². The first kappa shape index (κ1) is 22.6. The van der Waals surface area contributed by atoms with E-state index in [1.807, 2.05) is 6.07 Å². The van der Waals surface area contributed by atoms with Crippen LogP contribution < -0.4 is 9.64 Å². The van der Waals surface area contributed by atoms with E-state index in [0.717, 1.165) is 0 Å². The fourth-order valence-electron chi connectivity index (χ4n) is 3.22. The topological polar surface area (TPSA) is 115 Å². The molecule has 1 heterocycles. The van der Waals surface area contributed by atoms with E-state index in [9.17, 15) is 14.4 Å². The van der Waals surface area contributed by atoms with Gasteiger partial charge >= 0.3 is 18.0 Å². The first-order chi connectivity index (χ1) is 15.4.